The second-order valence-corrected chi connectivity index (χ2v) is 6.38. The van der Waals surface area contributed by atoms with Crippen molar-refractivity contribution in [2.75, 3.05) is 7.05 Å². The molecule has 0 bridgehead atoms. The third-order valence-electron chi connectivity index (χ3n) is 3.37. The molecule has 0 spiro atoms. The molecule has 0 aliphatic heterocycles. The molecule has 2 rings (SSSR count). The summed E-state index contributed by atoms with van der Waals surface area (Å²) in [6, 6.07) is 5.39. The highest BCUT2D eigenvalue weighted by Gasteiger charge is 2.15. The van der Waals surface area contributed by atoms with E-state index in [4.69, 9.17) is 16.1 Å². The zero-order valence-electron chi connectivity index (χ0n) is 12.6. The molecule has 1 heterocycles. The molecule has 2 aromatic rings. The molecule has 1 aromatic carbocycles. The molecular formula is C15H17BrClN3O2. The Morgan fingerprint density at radius 3 is 2.77 bits per heavy atom. The molecule has 5 nitrogen and oxygen atoms in total. The highest BCUT2D eigenvalue weighted by atomic mass is 79.9. The molecule has 2 amide bonds. The molecule has 0 saturated heterocycles. The van der Waals surface area contributed by atoms with Crippen molar-refractivity contribution in [1.82, 2.24) is 15.4 Å². The summed E-state index contributed by atoms with van der Waals surface area (Å²) in [6.07, 6.45) is 0. The van der Waals surface area contributed by atoms with Crippen LogP contribution in [0.2, 0.25) is 5.02 Å². The maximum Gasteiger partial charge on any atom is 0.317 e. The van der Waals surface area contributed by atoms with Gasteiger partial charge in [-0.1, -0.05) is 38.8 Å². The number of carbonyl (C=O) groups excluding carboxylic acids is 1. The van der Waals surface area contributed by atoms with Gasteiger partial charge in [0.05, 0.1) is 12.2 Å². The van der Waals surface area contributed by atoms with Gasteiger partial charge in [-0.05, 0) is 31.5 Å². The summed E-state index contributed by atoms with van der Waals surface area (Å²) >= 11 is 9.49. The van der Waals surface area contributed by atoms with Crippen LogP contribution in [0.3, 0.4) is 0 Å². The van der Waals surface area contributed by atoms with Gasteiger partial charge >= 0.3 is 6.03 Å². The molecule has 7 heteroatoms. The number of rotatable bonds is 4. The van der Waals surface area contributed by atoms with E-state index in [1.807, 2.05) is 26.0 Å². The number of urea groups is 1. The van der Waals surface area contributed by atoms with E-state index in [2.05, 4.69) is 26.4 Å². The van der Waals surface area contributed by atoms with Gasteiger partial charge in [-0.2, -0.15) is 0 Å². The first-order valence-corrected chi connectivity index (χ1v) is 7.90. The number of aryl methyl sites for hydroxylation is 2. The van der Waals surface area contributed by atoms with Crippen molar-refractivity contribution in [3.05, 3.63) is 50.3 Å². The van der Waals surface area contributed by atoms with Crippen LogP contribution < -0.4 is 5.32 Å². The summed E-state index contributed by atoms with van der Waals surface area (Å²) in [5.74, 6) is 0.730. The Morgan fingerprint density at radius 2 is 2.18 bits per heavy atom. The van der Waals surface area contributed by atoms with Gasteiger partial charge in [0.2, 0.25) is 0 Å². The Hall–Kier alpha value is -1.53. The van der Waals surface area contributed by atoms with Crippen LogP contribution in [0.4, 0.5) is 4.79 Å². The van der Waals surface area contributed by atoms with Gasteiger partial charge < -0.3 is 14.7 Å². The van der Waals surface area contributed by atoms with Crippen LogP contribution in [0.1, 0.15) is 22.6 Å². The molecule has 0 unspecified atom stereocenters. The van der Waals surface area contributed by atoms with Gasteiger partial charge in [0.15, 0.2) is 0 Å². The Labute approximate surface area is 142 Å². The number of carbonyl (C=O) groups is 1. The van der Waals surface area contributed by atoms with Crippen molar-refractivity contribution in [3.8, 4) is 0 Å². The first kappa shape index (κ1) is 16.8. The van der Waals surface area contributed by atoms with E-state index in [0.29, 0.717) is 18.1 Å². The summed E-state index contributed by atoms with van der Waals surface area (Å²) in [5.41, 5.74) is 2.59. The van der Waals surface area contributed by atoms with Crippen molar-refractivity contribution >= 4 is 33.6 Å². The lowest BCUT2D eigenvalue weighted by atomic mass is 10.2. The largest absolute Gasteiger partial charge is 0.361 e. The minimum atomic E-state index is -0.181. The smallest absolute Gasteiger partial charge is 0.317 e. The average molecular weight is 387 g/mol. The lowest BCUT2D eigenvalue weighted by Crippen LogP contribution is -2.36. The summed E-state index contributed by atoms with van der Waals surface area (Å²) in [4.78, 5) is 13.7. The minimum absolute atomic E-state index is 0.181. The van der Waals surface area contributed by atoms with E-state index in [0.717, 1.165) is 27.1 Å². The highest BCUT2D eigenvalue weighted by Crippen LogP contribution is 2.21. The quantitative estimate of drug-likeness (QED) is 0.862. The molecule has 0 atom stereocenters. The molecule has 1 N–H and O–H groups in total. The Bertz CT molecular complexity index is 668. The lowest BCUT2D eigenvalue weighted by molar-refractivity contribution is 0.206. The number of halogens is 2. The number of nitrogens with zero attached hydrogens (tertiary/aromatic N) is 2. The topological polar surface area (TPSA) is 58.4 Å². The Balaban J connectivity index is 1.94. The van der Waals surface area contributed by atoms with Gasteiger partial charge in [-0.3, -0.25) is 0 Å². The lowest BCUT2D eigenvalue weighted by Gasteiger charge is -2.18. The number of hydrogen-bond acceptors (Lipinski definition) is 3. The molecule has 1 aromatic heterocycles. The van der Waals surface area contributed by atoms with Crippen molar-refractivity contribution in [3.63, 3.8) is 0 Å². The normalized spacial score (nSPS) is 10.6. The van der Waals surface area contributed by atoms with Crippen LogP contribution in [0, 0.1) is 13.8 Å². The number of benzene rings is 1. The Kier molecular flexibility index (Phi) is 5.47. The van der Waals surface area contributed by atoms with Crippen LogP contribution >= 0.6 is 27.5 Å². The number of hydrogen-bond donors (Lipinski definition) is 1. The molecule has 0 fully saturated rings. The fourth-order valence-corrected chi connectivity index (χ4v) is 2.75. The molecule has 0 aliphatic carbocycles. The summed E-state index contributed by atoms with van der Waals surface area (Å²) in [6.45, 7) is 4.51. The first-order chi connectivity index (χ1) is 10.4. The second kappa shape index (κ2) is 7.15. The van der Waals surface area contributed by atoms with Gasteiger partial charge in [-0.25, -0.2) is 4.79 Å². The predicted molar refractivity (Wildman–Crippen MR) is 88.8 cm³/mol. The van der Waals surface area contributed by atoms with Crippen molar-refractivity contribution in [2.24, 2.45) is 0 Å². The number of nitrogens with one attached hydrogen (secondary N) is 1. The van der Waals surface area contributed by atoms with Gasteiger partial charge in [0.25, 0.3) is 0 Å². The molecular weight excluding hydrogens is 370 g/mol. The van der Waals surface area contributed by atoms with Crippen LogP contribution in [-0.4, -0.2) is 23.1 Å². The summed E-state index contributed by atoms with van der Waals surface area (Å²) < 4.78 is 6.01. The number of amides is 2. The molecule has 118 valence electrons. The zero-order valence-corrected chi connectivity index (χ0v) is 15.0. The van der Waals surface area contributed by atoms with Gasteiger partial charge in [0, 0.05) is 28.7 Å². The van der Waals surface area contributed by atoms with E-state index in [9.17, 15) is 4.79 Å². The molecule has 0 saturated carbocycles. The minimum Gasteiger partial charge on any atom is -0.361 e. The molecule has 22 heavy (non-hydrogen) atoms. The number of aromatic nitrogens is 1. The maximum atomic E-state index is 12.2. The zero-order chi connectivity index (χ0) is 16.3. The summed E-state index contributed by atoms with van der Waals surface area (Å²) in [5, 5.41) is 7.35. The fourth-order valence-electron chi connectivity index (χ4n) is 2.01. The van der Waals surface area contributed by atoms with E-state index in [1.165, 1.54) is 0 Å². The Morgan fingerprint density at radius 1 is 1.45 bits per heavy atom. The average Bonchev–Trinajstić information content (AvgIpc) is 2.77. The van der Waals surface area contributed by atoms with Crippen molar-refractivity contribution < 1.29 is 9.32 Å². The monoisotopic (exact) mass is 385 g/mol. The van der Waals surface area contributed by atoms with Gasteiger partial charge in [0.1, 0.15) is 5.76 Å². The van der Waals surface area contributed by atoms with Crippen LogP contribution in [0.15, 0.2) is 27.2 Å². The SMILES string of the molecule is Cc1noc(C)c1CN(C)C(=O)NCc1ccc(Br)cc1Cl. The van der Waals surface area contributed by atoms with Crippen molar-refractivity contribution in [2.45, 2.75) is 26.9 Å². The fraction of sp³-hybridized carbons (Fsp3) is 0.333. The van der Waals surface area contributed by atoms with Gasteiger partial charge in [-0.15, -0.1) is 0 Å². The van der Waals surface area contributed by atoms with E-state index < -0.39 is 0 Å². The van der Waals surface area contributed by atoms with Crippen molar-refractivity contribution in [1.29, 1.82) is 0 Å². The third kappa shape index (κ3) is 4.01. The van der Waals surface area contributed by atoms with E-state index in [-0.39, 0.29) is 6.03 Å². The maximum absolute atomic E-state index is 12.2. The second-order valence-electron chi connectivity index (χ2n) is 5.05. The summed E-state index contributed by atoms with van der Waals surface area (Å²) in [7, 11) is 1.73. The molecule has 0 radical (unpaired) electrons. The van der Waals surface area contributed by atoms with E-state index in [1.54, 1.807) is 18.0 Å². The first-order valence-electron chi connectivity index (χ1n) is 6.73. The van der Waals surface area contributed by atoms with Crippen LogP contribution in [0.5, 0.6) is 0 Å². The van der Waals surface area contributed by atoms with E-state index >= 15 is 0 Å². The third-order valence-corrected chi connectivity index (χ3v) is 4.21. The van der Waals surface area contributed by atoms with Crippen LogP contribution in [-0.2, 0) is 13.1 Å². The standard InChI is InChI=1S/C15H17BrClN3O2/c1-9-13(10(2)22-19-9)8-20(3)15(21)18-7-11-4-5-12(16)6-14(11)17/h4-6H,7-8H2,1-3H3,(H,18,21). The molecule has 0 aliphatic rings. The van der Waals surface area contributed by atoms with Crippen LogP contribution in [0.25, 0.3) is 0 Å². The highest BCUT2D eigenvalue weighted by molar-refractivity contribution is 9.10. The predicted octanol–water partition coefficient (Wildman–Crippen LogP) is 4.05.